The fourth-order valence-electron chi connectivity index (χ4n) is 4.21. The van der Waals surface area contributed by atoms with Crippen molar-refractivity contribution in [3.63, 3.8) is 0 Å². The first-order chi connectivity index (χ1) is 10.5. The van der Waals surface area contributed by atoms with E-state index in [0.717, 1.165) is 30.9 Å². The molecule has 120 valence electrons. The van der Waals surface area contributed by atoms with Gasteiger partial charge in [0.2, 0.25) is 0 Å². The molecule has 0 aromatic heterocycles. The third-order valence-electron chi connectivity index (χ3n) is 5.40. The topological polar surface area (TPSA) is 41.9 Å². The summed E-state index contributed by atoms with van der Waals surface area (Å²) in [5.74, 6) is 1.90. The number of hydrogen-bond donors (Lipinski definition) is 1. The highest BCUT2D eigenvalue weighted by Gasteiger charge is 2.49. The maximum absolute atomic E-state index is 10.1. The van der Waals surface area contributed by atoms with Crippen LogP contribution >= 0.6 is 0 Å². The number of allylic oxidation sites excluding steroid dienone is 1. The first-order valence-electron chi connectivity index (χ1n) is 7.87. The van der Waals surface area contributed by atoms with Gasteiger partial charge in [-0.1, -0.05) is 13.0 Å². The van der Waals surface area contributed by atoms with Crippen LogP contribution in [0.2, 0.25) is 0 Å². The lowest BCUT2D eigenvalue weighted by Crippen LogP contribution is -2.40. The molecular formula is C18H25NO3. The molecule has 1 fully saturated rings. The fraction of sp³-hybridized carbons (Fsp3) is 0.556. The number of rotatable bonds is 3. The van der Waals surface area contributed by atoms with E-state index < -0.39 is 0 Å². The first-order valence-corrected chi connectivity index (χ1v) is 7.87. The van der Waals surface area contributed by atoms with E-state index in [2.05, 4.69) is 31.0 Å². The third kappa shape index (κ3) is 2.09. The molecule has 1 aliphatic carbocycles. The van der Waals surface area contributed by atoms with Crippen molar-refractivity contribution in [3.8, 4) is 11.5 Å². The molecule has 22 heavy (non-hydrogen) atoms. The van der Waals surface area contributed by atoms with E-state index >= 15 is 0 Å². The van der Waals surface area contributed by atoms with Crippen LogP contribution in [-0.2, 0) is 5.41 Å². The number of fused-ring (bicyclic) bond motifs is 1. The monoisotopic (exact) mass is 303 g/mol. The molecule has 1 aliphatic heterocycles. The van der Waals surface area contributed by atoms with E-state index in [0.29, 0.717) is 5.92 Å². The number of likely N-dealkylation sites (N-methyl/N-ethyl adjacent to an activating group) is 1. The Balaban J connectivity index is 2.14. The summed E-state index contributed by atoms with van der Waals surface area (Å²) in [6, 6.07) is 6.22. The molecule has 0 saturated carbocycles. The lowest BCUT2D eigenvalue weighted by atomic mass is 9.64. The number of methoxy groups -OCH3 is 2. The zero-order valence-electron chi connectivity index (χ0n) is 13.8. The number of aliphatic hydroxyl groups excluding tert-OH is 1. The SMILES string of the molecule is COc1ccc([C@]23CCN(C)C2=C[C@@H](O)C[C@H]3C)cc1OC. The van der Waals surface area contributed by atoms with Crippen LogP contribution in [0, 0.1) is 5.92 Å². The van der Waals surface area contributed by atoms with Crippen molar-refractivity contribution in [3.05, 3.63) is 35.5 Å². The minimum absolute atomic E-state index is 0.0342. The molecule has 0 radical (unpaired) electrons. The predicted octanol–water partition coefficient (Wildman–Crippen LogP) is 2.56. The molecular weight excluding hydrogens is 278 g/mol. The molecule has 4 nitrogen and oxygen atoms in total. The number of benzene rings is 1. The molecule has 0 spiro atoms. The predicted molar refractivity (Wildman–Crippen MR) is 86.3 cm³/mol. The summed E-state index contributed by atoms with van der Waals surface area (Å²) in [4.78, 5) is 2.27. The quantitative estimate of drug-likeness (QED) is 0.932. The molecule has 0 amide bonds. The average molecular weight is 303 g/mol. The van der Waals surface area contributed by atoms with E-state index in [1.165, 1.54) is 11.3 Å². The van der Waals surface area contributed by atoms with Crippen LogP contribution < -0.4 is 9.47 Å². The van der Waals surface area contributed by atoms with Gasteiger partial charge in [-0.3, -0.25) is 0 Å². The van der Waals surface area contributed by atoms with Crippen molar-refractivity contribution in [1.29, 1.82) is 0 Å². The lowest BCUT2D eigenvalue weighted by Gasteiger charge is -2.42. The Morgan fingerprint density at radius 2 is 1.95 bits per heavy atom. The summed E-state index contributed by atoms with van der Waals surface area (Å²) in [7, 11) is 5.44. The van der Waals surface area contributed by atoms with Gasteiger partial charge in [0.15, 0.2) is 11.5 Å². The number of nitrogens with zero attached hydrogens (tertiary/aromatic N) is 1. The Morgan fingerprint density at radius 1 is 1.23 bits per heavy atom. The van der Waals surface area contributed by atoms with Gasteiger partial charge in [-0.25, -0.2) is 0 Å². The lowest BCUT2D eigenvalue weighted by molar-refractivity contribution is 0.144. The van der Waals surface area contributed by atoms with Gasteiger partial charge in [0.25, 0.3) is 0 Å². The van der Waals surface area contributed by atoms with E-state index in [-0.39, 0.29) is 11.5 Å². The van der Waals surface area contributed by atoms with Gasteiger partial charge in [-0.2, -0.15) is 0 Å². The third-order valence-corrected chi connectivity index (χ3v) is 5.40. The van der Waals surface area contributed by atoms with Gasteiger partial charge in [-0.15, -0.1) is 0 Å². The van der Waals surface area contributed by atoms with Crippen molar-refractivity contribution >= 4 is 0 Å². The molecule has 3 atom stereocenters. The minimum atomic E-state index is -0.348. The maximum atomic E-state index is 10.1. The Hall–Kier alpha value is -1.68. The Labute approximate surface area is 132 Å². The summed E-state index contributed by atoms with van der Waals surface area (Å²) in [6.07, 6.45) is 3.55. The second-order valence-corrected chi connectivity index (χ2v) is 6.47. The zero-order valence-corrected chi connectivity index (χ0v) is 13.8. The highest BCUT2D eigenvalue weighted by molar-refractivity contribution is 5.50. The van der Waals surface area contributed by atoms with Crippen LogP contribution in [0.25, 0.3) is 0 Å². The summed E-state index contributed by atoms with van der Waals surface area (Å²) in [6.45, 7) is 3.25. The number of hydrogen-bond acceptors (Lipinski definition) is 4. The molecule has 1 heterocycles. The van der Waals surface area contributed by atoms with Crippen molar-refractivity contribution in [2.24, 2.45) is 5.92 Å². The first kappa shape index (κ1) is 15.2. The fourth-order valence-corrected chi connectivity index (χ4v) is 4.21. The average Bonchev–Trinajstić information content (AvgIpc) is 2.85. The molecule has 1 N–H and O–H groups in total. The van der Waals surface area contributed by atoms with Crippen molar-refractivity contribution in [2.45, 2.75) is 31.3 Å². The van der Waals surface area contributed by atoms with Crippen LogP contribution in [0.15, 0.2) is 30.0 Å². The Kier molecular flexibility index (Phi) is 3.81. The number of ether oxygens (including phenoxy) is 2. The second kappa shape index (κ2) is 5.51. The van der Waals surface area contributed by atoms with Crippen molar-refractivity contribution in [2.75, 3.05) is 27.8 Å². The largest absolute Gasteiger partial charge is 0.493 e. The molecule has 2 aliphatic rings. The smallest absolute Gasteiger partial charge is 0.161 e. The van der Waals surface area contributed by atoms with Gasteiger partial charge in [0.1, 0.15) is 0 Å². The maximum Gasteiger partial charge on any atom is 0.161 e. The van der Waals surface area contributed by atoms with Crippen LogP contribution in [-0.4, -0.2) is 43.9 Å². The highest BCUT2D eigenvalue weighted by Crippen LogP contribution is 2.53. The van der Waals surface area contributed by atoms with Gasteiger partial charge in [0, 0.05) is 24.7 Å². The highest BCUT2D eigenvalue weighted by atomic mass is 16.5. The summed E-state index contributed by atoms with van der Waals surface area (Å²) >= 11 is 0. The summed E-state index contributed by atoms with van der Waals surface area (Å²) in [5.41, 5.74) is 2.46. The van der Waals surface area contributed by atoms with Crippen LogP contribution in [0.3, 0.4) is 0 Å². The van der Waals surface area contributed by atoms with Crippen LogP contribution in [0.4, 0.5) is 0 Å². The Bertz CT molecular complexity index is 598. The van der Waals surface area contributed by atoms with Crippen molar-refractivity contribution in [1.82, 2.24) is 4.90 Å². The molecule has 4 heteroatoms. The zero-order chi connectivity index (χ0) is 15.9. The van der Waals surface area contributed by atoms with Gasteiger partial charge >= 0.3 is 0 Å². The molecule has 0 bridgehead atoms. The Morgan fingerprint density at radius 3 is 2.64 bits per heavy atom. The summed E-state index contributed by atoms with van der Waals surface area (Å²) in [5, 5.41) is 10.1. The number of aliphatic hydroxyl groups is 1. The van der Waals surface area contributed by atoms with E-state index in [4.69, 9.17) is 9.47 Å². The molecule has 1 saturated heterocycles. The molecule has 1 aromatic rings. The van der Waals surface area contributed by atoms with E-state index in [1.54, 1.807) is 14.2 Å². The summed E-state index contributed by atoms with van der Waals surface area (Å²) < 4.78 is 10.9. The van der Waals surface area contributed by atoms with E-state index in [9.17, 15) is 5.11 Å². The number of likely N-dealkylation sites (tertiary alicyclic amines) is 1. The minimum Gasteiger partial charge on any atom is -0.493 e. The van der Waals surface area contributed by atoms with Gasteiger partial charge in [0.05, 0.1) is 20.3 Å². The van der Waals surface area contributed by atoms with Gasteiger partial charge in [-0.05, 0) is 42.5 Å². The standard InChI is InChI=1S/C18H25NO3/c1-12-9-14(20)11-17-18(12,7-8-19(17)2)13-5-6-15(21-3)16(10-13)22-4/h5-6,10-12,14,20H,7-9H2,1-4H3/t12-,14+,18-/m1/s1. The van der Waals surface area contributed by atoms with Gasteiger partial charge < -0.3 is 19.5 Å². The molecule has 0 unspecified atom stereocenters. The van der Waals surface area contributed by atoms with Crippen LogP contribution in [0.5, 0.6) is 11.5 Å². The van der Waals surface area contributed by atoms with Crippen molar-refractivity contribution < 1.29 is 14.6 Å². The molecule has 1 aromatic carbocycles. The van der Waals surface area contributed by atoms with Crippen LogP contribution in [0.1, 0.15) is 25.3 Å². The second-order valence-electron chi connectivity index (χ2n) is 6.47. The van der Waals surface area contributed by atoms with E-state index in [1.807, 2.05) is 12.1 Å². The normalized spacial score (nSPS) is 30.8. The molecule has 3 rings (SSSR count).